The largest absolute Gasteiger partial charge is 0.378 e. The minimum Gasteiger partial charge on any atom is -0.378 e. The molecule has 8 heteroatoms. The maximum atomic E-state index is 4.35. The smallest absolute Gasteiger partial charge is 0.192 e. The molecular formula is C19H18N6S2. The number of thioether (sulfide) groups is 1. The highest BCUT2D eigenvalue weighted by atomic mass is 32.2. The molecule has 1 unspecified atom stereocenters. The first-order chi connectivity index (χ1) is 13.2. The van der Waals surface area contributed by atoms with Crippen molar-refractivity contribution in [2.24, 2.45) is 20.5 Å². The highest BCUT2D eigenvalue weighted by Gasteiger charge is 2.21. The normalized spacial score (nSPS) is 16.0. The Morgan fingerprint density at radius 3 is 2.00 bits per heavy atom. The van der Waals surface area contributed by atoms with E-state index >= 15 is 0 Å². The third-order valence-electron chi connectivity index (χ3n) is 3.90. The number of azo groups is 2. The van der Waals surface area contributed by atoms with E-state index < -0.39 is 0 Å². The molecule has 0 bridgehead atoms. The Morgan fingerprint density at radius 1 is 0.815 bits per heavy atom. The van der Waals surface area contributed by atoms with Crippen molar-refractivity contribution in [1.82, 2.24) is 0 Å². The molecule has 0 amide bonds. The quantitative estimate of drug-likeness (QED) is 0.483. The lowest BCUT2D eigenvalue weighted by atomic mass is 10.3. The Morgan fingerprint density at radius 2 is 1.41 bits per heavy atom. The first kappa shape index (κ1) is 17.7. The number of benzene rings is 2. The Kier molecular flexibility index (Phi) is 5.17. The molecule has 0 saturated heterocycles. The van der Waals surface area contributed by atoms with Gasteiger partial charge in [0.25, 0.3) is 0 Å². The van der Waals surface area contributed by atoms with Gasteiger partial charge in [-0.25, -0.2) is 0 Å². The van der Waals surface area contributed by atoms with E-state index in [2.05, 4.69) is 37.2 Å². The highest BCUT2D eigenvalue weighted by Crippen LogP contribution is 2.42. The molecule has 0 aliphatic carbocycles. The fourth-order valence-electron chi connectivity index (χ4n) is 2.45. The fraction of sp³-hybridized carbons (Fsp3) is 0.158. The van der Waals surface area contributed by atoms with Crippen LogP contribution in [0.3, 0.4) is 0 Å². The Bertz CT molecular complexity index is 940. The van der Waals surface area contributed by atoms with E-state index in [-0.39, 0.29) is 5.50 Å². The van der Waals surface area contributed by atoms with Gasteiger partial charge in [-0.2, -0.15) is 20.5 Å². The van der Waals surface area contributed by atoms with Gasteiger partial charge in [-0.3, -0.25) is 0 Å². The molecule has 0 spiro atoms. The lowest BCUT2D eigenvalue weighted by Crippen LogP contribution is -2.07. The van der Waals surface area contributed by atoms with Gasteiger partial charge in [0.05, 0.1) is 17.1 Å². The van der Waals surface area contributed by atoms with Gasteiger partial charge in [0.1, 0.15) is 5.00 Å². The second-order valence-corrected chi connectivity index (χ2v) is 8.11. The molecule has 1 N–H and O–H groups in total. The summed E-state index contributed by atoms with van der Waals surface area (Å²) < 4.78 is 0. The molecule has 6 nitrogen and oxygen atoms in total. The average Bonchev–Trinajstić information content (AvgIpc) is 3.27. The van der Waals surface area contributed by atoms with Crippen LogP contribution in [0, 0.1) is 0 Å². The molecule has 1 atom stereocenters. The van der Waals surface area contributed by atoms with Crippen LogP contribution in [0.1, 0.15) is 0 Å². The van der Waals surface area contributed by atoms with Gasteiger partial charge in [0, 0.05) is 24.7 Å². The zero-order chi connectivity index (χ0) is 18.6. The van der Waals surface area contributed by atoms with Crippen LogP contribution < -0.4 is 10.2 Å². The van der Waals surface area contributed by atoms with Gasteiger partial charge >= 0.3 is 0 Å². The summed E-state index contributed by atoms with van der Waals surface area (Å²) in [5.74, 6) is 0. The molecule has 1 aliphatic rings. The maximum absolute atomic E-state index is 4.35. The molecule has 1 aliphatic heterocycles. The van der Waals surface area contributed by atoms with Crippen molar-refractivity contribution in [2.45, 2.75) is 10.4 Å². The van der Waals surface area contributed by atoms with Crippen LogP contribution in [0.5, 0.6) is 0 Å². The minimum absolute atomic E-state index is 0.0584. The summed E-state index contributed by atoms with van der Waals surface area (Å²) in [5, 5.41) is 23.8. The Balaban J connectivity index is 1.36. The molecule has 0 saturated carbocycles. The van der Waals surface area contributed by atoms with Crippen LogP contribution in [0.4, 0.5) is 27.8 Å². The summed E-state index contributed by atoms with van der Waals surface area (Å²) in [6.07, 6.45) is 0. The zero-order valence-corrected chi connectivity index (χ0v) is 16.5. The van der Waals surface area contributed by atoms with Crippen molar-refractivity contribution in [3.05, 3.63) is 60.0 Å². The molecular weight excluding hydrogens is 376 g/mol. The Hall–Kier alpha value is -2.71. The Labute approximate surface area is 166 Å². The predicted octanol–water partition coefficient (Wildman–Crippen LogP) is 6.81. The molecule has 27 heavy (non-hydrogen) atoms. The van der Waals surface area contributed by atoms with Crippen LogP contribution in [0.2, 0.25) is 0 Å². The van der Waals surface area contributed by atoms with Crippen LogP contribution in [-0.4, -0.2) is 19.6 Å². The summed E-state index contributed by atoms with van der Waals surface area (Å²) >= 11 is 3.36. The van der Waals surface area contributed by atoms with Crippen molar-refractivity contribution in [3.8, 4) is 0 Å². The highest BCUT2D eigenvalue weighted by molar-refractivity contribution is 8.00. The molecule has 3 aromatic rings. The third-order valence-corrected chi connectivity index (χ3v) is 5.90. The lowest BCUT2D eigenvalue weighted by Gasteiger charge is -2.11. The molecule has 4 rings (SSSR count). The lowest BCUT2D eigenvalue weighted by molar-refractivity contribution is 0.971. The van der Waals surface area contributed by atoms with Gasteiger partial charge in [0.15, 0.2) is 5.50 Å². The summed E-state index contributed by atoms with van der Waals surface area (Å²) in [5.41, 5.74) is 3.47. The minimum atomic E-state index is -0.0584. The van der Waals surface area contributed by atoms with Crippen molar-refractivity contribution in [2.75, 3.05) is 24.3 Å². The SMILES string of the molecule is CN(C)c1ccc(N=Nc2ccc(N=NC3Nc4sccc4S3)cc2)cc1. The number of thiophene rings is 1. The molecule has 2 heterocycles. The zero-order valence-electron chi connectivity index (χ0n) is 14.9. The van der Waals surface area contributed by atoms with Crippen LogP contribution in [0.25, 0.3) is 0 Å². The van der Waals surface area contributed by atoms with Crippen molar-refractivity contribution >= 4 is 50.8 Å². The van der Waals surface area contributed by atoms with E-state index in [0.29, 0.717) is 0 Å². The van der Waals surface area contributed by atoms with Crippen molar-refractivity contribution < 1.29 is 0 Å². The standard InChI is InChI=1S/C19H18N6S2/c1-25(2)16-9-7-15(8-10-16)22-21-13-3-5-14(6-4-13)23-24-19-20-18-17(27-19)11-12-26-18/h3-12,19-20H,1-2H3. The van der Waals surface area contributed by atoms with Crippen LogP contribution in [-0.2, 0) is 0 Å². The van der Waals surface area contributed by atoms with Crippen molar-refractivity contribution in [3.63, 3.8) is 0 Å². The number of hydrogen-bond donors (Lipinski definition) is 1. The van der Waals surface area contributed by atoms with Gasteiger partial charge in [-0.1, -0.05) is 11.8 Å². The predicted molar refractivity (Wildman–Crippen MR) is 113 cm³/mol. The van der Waals surface area contributed by atoms with Crippen LogP contribution >= 0.6 is 23.1 Å². The van der Waals surface area contributed by atoms with Crippen LogP contribution in [0.15, 0.2) is 85.3 Å². The van der Waals surface area contributed by atoms with Gasteiger partial charge in [0.2, 0.25) is 0 Å². The van der Waals surface area contributed by atoms with E-state index in [1.54, 1.807) is 23.1 Å². The molecule has 0 radical (unpaired) electrons. The number of rotatable bonds is 5. The molecule has 136 valence electrons. The first-order valence-electron chi connectivity index (χ1n) is 8.38. The molecule has 2 aromatic carbocycles. The molecule has 1 aromatic heterocycles. The number of fused-ring (bicyclic) bond motifs is 1. The van der Waals surface area contributed by atoms with E-state index in [4.69, 9.17) is 0 Å². The number of anilines is 2. The fourth-order valence-corrected chi connectivity index (χ4v) is 4.43. The van der Waals surface area contributed by atoms with E-state index in [1.165, 1.54) is 9.90 Å². The number of hydrogen-bond acceptors (Lipinski definition) is 8. The summed E-state index contributed by atoms with van der Waals surface area (Å²) in [7, 11) is 4.02. The summed E-state index contributed by atoms with van der Waals surface area (Å²) in [4.78, 5) is 3.28. The summed E-state index contributed by atoms with van der Waals surface area (Å²) in [6.45, 7) is 0. The van der Waals surface area contributed by atoms with Gasteiger partial charge in [-0.05, 0) is 60.0 Å². The number of nitrogens with one attached hydrogen (secondary N) is 1. The van der Waals surface area contributed by atoms with Gasteiger partial charge in [-0.15, -0.1) is 11.3 Å². The average molecular weight is 395 g/mol. The second kappa shape index (κ2) is 7.89. The van der Waals surface area contributed by atoms with Crippen molar-refractivity contribution in [1.29, 1.82) is 0 Å². The van der Waals surface area contributed by atoms with E-state index in [1.807, 2.05) is 67.5 Å². The van der Waals surface area contributed by atoms with Gasteiger partial charge < -0.3 is 10.2 Å². The number of nitrogens with zero attached hydrogens (tertiary/aromatic N) is 5. The maximum Gasteiger partial charge on any atom is 0.192 e. The summed E-state index contributed by atoms with van der Waals surface area (Å²) in [6, 6.07) is 17.6. The van der Waals surface area contributed by atoms with E-state index in [9.17, 15) is 0 Å². The monoisotopic (exact) mass is 394 g/mol. The van der Waals surface area contributed by atoms with E-state index in [0.717, 1.165) is 22.7 Å². The molecule has 0 fully saturated rings. The second-order valence-electron chi connectivity index (χ2n) is 6.07. The first-order valence-corrected chi connectivity index (χ1v) is 10.1. The third kappa shape index (κ3) is 4.35. The topological polar surface area (TPSA) is 64.7 Å².